The number of amidine groups is 1. The number of nitrogens with one attached hydrogen (secondary N) is 2. The average molecular weight is 365 g/mol. The Balaban J connectivity index is 1.69. The van der Waals surface area contributed by atoms with Crippen molar-refractivity contribution in [1.29, 1.82) is 0 Å². The standard InChI is InChI=1S/C18H28N4O2S/c1-14(21-17(23)24-18(2,3)4)11-25-16-19-12-22(13-20-16)10-15-8-6-5-7-9-15/h5-9,14H,10-13H2,1-4H3,(H,19,20)(H,21,23)/t14-/m0/s1. The quantitative estimate of drug-likeness (QED) is 0.841. The third-order valence-electron chi connectivity index (χ3n) is 3.35. The van der Waals surface area contributed by atoms with Crippen LogP contribution in [0.2, 0.25) is 0 Å². The Morgan fingerprint density at radius 3 is 2.72 bits per heavy atom. The minimum atomic E-state index is -0.478. The van der Waals surface area contributed by atoms with E-state index in [0.29, 0.717) is 6.67 Å². The second-order valence-corrected chi connectivity index (χ2v) is 8.12. The van der Waals surface area contributed by atoms with Gasteiger partial charge in [-0.15, -0.1) is 0 Å². The fourth-order valence-corrected chi connectivity index (χ4v) is 3.05. The molecule has 138 valence electrons. The summed E-state index contributed by atoms with van der Waals surface area (Å²) < 4.78 is 5.26. The lowest BCUT2D eigenvalue weighted by Crippen LogP contribution is -2.42. The molecule has 0 bridgehead atoms. The number of carbonyl (C=O) groups excluding carboxylic acids is 1. The molecule has 0 aliphatic carbocycles. The number of rotatable bonds is 5. The van der Waals surface area contributed by atoms with Gasteiger partial charge in [0.05, 0.1) is 13.3 Å². The van der Waals surface area contributed by atoms with Crippen LogP contribution in [0.25, 0.3) is 0 Å². The van der Waals surface area contributed by atoms with Gasteiger partial charge in [-0.3, -0.25) is 4.90 Å². The molecule has 0 saturated heterocycles. The zero-order valence-electron chi connectivity index (χ0n) is 15.4. The number of nitrogens with zero attached hydrogens (tertiary/aromatic N) is 2. The van der Waals surface area contributed by atoms with Gasteiger partial charge in [-0.25, -0.2) is 9.79 Å². The summed E-state index contributed by atoms with van der Waals surface area (Å²) in [6, 6.07) is 10.4. The molecule has 1 aliphatic heterocycles. The maximum atomic E-state index is 11.7. The first-order valence-electron chi connectivity index (χ1n) is 8.49. The van der Waals surface area contributed by atoms with Gasteiger partial charge in [0, 0.05) is 18.3 Å². The van der Waals surface area contributed by atoms with Gasteiger partial charge in [-0.1, -0.05) is 42.1 Å². The minimum Gasteiger partial charge on any atom is -0.444 e. The Labute approximate surface area is 154 Å². The lowest BCUT2D eigenvalue weighted by atomic mass is 10.2. The molecule has 25 heavy (non-hydrogen) atoms. The first-order valence-corrected chi connectivity index (χ1v) is 9.47. The number of amides is 1. The van der Waals surface area contributed by atoms with E-state index in [0.717, 1.165) is 24.1 Å². The normalized spacial score (nSPS) is 16.6. The van der Waals surface area contributed by atoms with Gasteiger partial charge in [0.2, 0.25) is 0 Å². The predicted molar refractivity (Wildman–Crippen MR) is 104 cm³/mol. The summed E-state index contributed by atoms with van der Waals surface area (Å²) >= 11 is 1.62. The first-order chi connectivity index (χ1) is 11.8. The fourth-order valence-electron chi connectivity index (χ4n) is 2.25. The molecule has 1 aromatic rings. The van der Waals surface area contributed by atoms with Gasteiger partial charge >= 0.3 is 6.09 Å². The van der Waals surface area contributed by atoms with Gasteiger partial charge in [0.1, 0.15) is 5.60 Å². The molecule has 0 fully saturated rings. The Morgan fingerprint density at radius 2 is 2.12 bits per heavy atom. The Kier molecular flexibility index (Phi) is 7.13. The molecule has 6 nitrogen and oxygen atoms in total. The van der Waals surface area contributed by atoms with E-state index in [1.54, 1.807) is 11.8 Å². The van der Waals surface area contributed by atoms with Gasteiger partial charge < -0.3 is 15.4 Å². The third-order valence-corrected chi connectivity index (χ3v) is 4.56. The van der Waals surface area contributed by atoms with Crippen LogP contribution in [0.1, 0.15) is 33.3 Å². The largest absolute Gasteiger partial charge is 0.444 e. The van der Waals surface area contributed by atoms with Crippen LogP contribution in [0.4, 0.5) is 4.79 Å². The van der Waals surface area contributed by atoms with Crippen LogP contribution < -0.4 is 10.6 Å². The zero-order valence-corrected chi connectivity index (χ0v) is 16.2. The number of carbonyl (C=O) groups is 1. The first kappa shape index (κ1) is 19.6. The van der Waals surface area contributed by atoms with Crippen molar-refractivity contribution >= 4 is 23.0 Å². The predicted octanol–water partition coefficient (Wildman–Crippen LogP) is 3.01. The number of aliphatic imine (C=N–C) groups is 1. The third kappa shape index (κ3) is 7.79. The summed E-state index contributed by atoms with van der Waals surface area (Å²) in [6.07, 6.45) is -0.381. The maximum absolute atomic E-state index is 11.7. The van der Waals surface area contributed by atoms with E-state index in [4.69, 9.17) is 4.74 Å². The lowest BCUT2D eigenvalue weighted by molar-refractivity contribution is 0.0513. The van der Waals surface area contributed by atoms with Crippen molar-refractivity contribution in [2.24, 2.45) is 4.99 Å². The van der Waals surface area contributed by atoms with Crippen molar-refractivity contribution < 1.29 is 9.53 Å². The molecular weight excluding hydrogens is 336 g/mol. The molecule has 1 aromatic carbocycles. The molecule has 7 heteroatoms. The SMILES string of the molecule is C[C@@H](CSC1=NCN(Cc2ccccc2)CN1)NC(=O)OC(C)(C)C. The number of hydrogen-bond acceptors (Lipinski definition) is 6. The van der Waals surface area contributed by atoms with E-state index in [9.17, 15) is 4.79 Å². The summed E-state index contributed by atoms with van der Waals surface area (Å²) in [5.41, 5.74) is 0.805. The summed E-state index contributed by atoms with van der Waals surface area (Å²) in [4.78, 5) is 18.5. The highest BCUT2D eigenvalue weighted by atomic mass is 32.2. The molecule has 1 amide bonds. The molecule has 1 atom stereocenters. The number of hydrogen-bond donors (Lipinski definition) is 2. The fraction of sp³-hybridized carbons (Fsp3) is 0.556. The van der Waals surface area contributed by atoms with Gasteiger partial charge in [-0.05, 0) is 33.3 Å². The second-order valence-electron chi connectivity index (χ2n) is 7.11. The molecular formula is C18H28N4O2S. The van der Waals surface area contributed by atoms with E-state index in [1.807, 2.05) is 33.8 Å². The van der Waals surface area contributed by atoms with E-state index in [-0.39, 0.29) is 12.1 Å². The van der Waals surface area contributed by atoms with Crippen LogP contribution in [0.3, 0.4) is 0 Å². The average Bonchev–Trinajstić information content (AvgIpc) is 2.53. The molecule has 0 spiro atoms. The highest BCUT2D eigenvalue weighted by molar-refractivity contribution is 8.13. The summed E-state index contributed by atoms with van der Waals surface area (Å²) in [7, 11) is 0. The Morgan fingerprint density at radius 1 is 1.40 bits per heavy atom. The van der Waals surface area contributed by atoms with Gasteiger partial charge in [0.25, 0.3) is 0 Å². The van der Waals surface area contributed by atoms with Crippen molar-refractivity contribution in [3.63, 3.8) is 0 Å². The molecule has 0 unspecified atom stereocenters. The minimum absolute atomic E-state index is 0.00620. The van der Waals surface area contributed by atoms with Crippen molar-refractivity contribution in [2.45, 2.75) is 45.9 Å². The van der Waals surface area contributed by atoms with Crippen LogP contribution in [-0.4, -0.2) is 46.9 Å². The summed E-state index contributed by atoms with van der Waals surface area (Å²) in [6.45, 7) is 9.86. The smallest absolute Gasteiger partial charge is 0.407 e. The number of thioether (sulfide) groups is 1. The molecule has 0 aromatic heterocycles. The van der Waals surface area contributed by atoms with Gasteiger partial charge in [-0.2, -0.15) is 0 Å². The lowest BCUT2D eigenvalue weighted by Gasteiger charge is -2.27. The van der Waals surface area contributed by atoms with Crippen LogP contribution in [0.5, 0.6) is 0 Å². The van der Waals surface area contributed by atoms with Crippen molar-refractivity contribution in [2.75, 3.05) is 19.1 Å². The van der Waals surface area contributed by atoms with Crippen LogP contribution in [-0.2, 0) is 11.3 Å². The highest BCUT2D eigenvalue weighted by Gasteiger charge is 2.18. The monoisotopic (exact) mass is 364 g/mol. The van der Waals surface area contributed by atoms with Crippen molar-refractivity contribution in [3.8, 4) is 0 Å². The molecule has 0 radical (unpaired) electrons. The second kappa shape index (κ2) is 9.10. The molecule has 0 saturated carbocycles. The van der Waals surface area contributed by atoms with Crippen molar-refractivity contribution in [3.05, 3.63) is 35.9 Å². The number of benzene rings is 1. The van der Waals surface area contributed by atoms with Gasteiger partial charge in [0.15, 0.2) is 5.17 Å². The summed E-state index contributed by atoms with van der Waals surface area (Å²) in [5.74, 6) is 0.740. The Bertz CT molecular complexity index is 586. The molecule has 1 aliphatic rings. The number of alkyl carbamates (subject to hydrolysis) is 1. The van der Waals surface area contributed by atoms with E-state index in [2.05, 4.69) is 44.8 Å². The maximum Gasteiger partial charge on any atom is 0.407 e. The van der Waals surface area contributed by atoms with E-state index in [1.165, 1.54) is 5.56 Å². The van der Waals surface area contributed by atoms with E-state index < -0.39 is 5.60 Å². The molecule has 2 N–H and O–H groups in total. The Hall–Kier alpha value is -1.73. The van der Waals surface area contributed by atoms with E-state index >= 15 is 0 Å². The van der Waals surface area contributed by atoms with Crippen LogP contribution in [0.15, 0.2) is 35.3 Å². The topological polar surface area (TPSA) is 66.0 Å². The molecule has 2 rings (SSSR count). The van der Waals surface area contributed by atoms with Crippen LogP contribution in [0, 0.1) is 0 Å². The number of ether oxygens (including phenoxy) is 1. The summed E-state index contributed by atoms with van der Waals surface area (Å²) in [5, 5.41) is 7.09. The molecule has 1 heterocycles. The zero-order chi connectivity index (χ0) is 18.3. The van der Waals surface area contributed by atoms with Crippen molar-refractivity contribution in [1.82, 2.24) is 15.5 Å². The van der Waals surface area contributed by atoms with Crippen LogP contribution >= 0.6 is 11.8 Å². The highest BCUT2D eigenvalue weighted by Crippen LogP contribution is 2.12.